The third kappa shape index (κ3) is 4.39. The summed E-state index contributed by atoms with van der Waals surface area (Å²) in [4.78, 5) is 0. The quantitative estimate of drug-likeness (QED) is 0.590. The summed E-state index contributed by atoms with van der Waals surface area (Å²) >= 11 is -3.16. The molecule has 2 aromatic carbocycles. The predicted molar refractivity (Wildman–Crippen MR) is 98.0 cm³/mol. The molecule has 0 bridgehead atoms. The van der Waals surface area contributed by atoms with E-state index in [9.17, 15) is 0 Å². The van der Waals surface area contributed by atoms with E-state index in [-0.39, 0.29) is 0 Å². The second-order valence-corrected chi connectivity index (χ2v) is 31.4. The van der Waals surface area contributed by atoms with Crippen molar-refractivity contribution in [3.8, 4) is 0 Å². The SMILES string of the molecule is [CH3][Ge]([CH3])([CH3])[CH2]c1cccc2cccc([CH2][Ge]([CH3])([CH3])[CH3])c12. The molecule has 0 atom stereocenters. The Morgan fingerprint density at radius 2 is 1.05 bits per heavy atom. The van der Waals surface area contributed by atoms with E-state index in [0.717, 1.165) is 0 Å². The standard InChI is InChI=1S/C18H28Ge2/c1-19(2,3)13-16-11-7-9-15-10-8-12-17(18(15)16)14-20(4,5)6/h7-12H,13-14H2,1-6H3. The first-order chi connectivity index (χ1) is 9.16. The summed E-state index contributed by atoms with van der Waals surface area (Å²) in [5, 5.41) is 5.70. The number of rotatable bonds is 4. The first-order valence-corrected chi connectivity index (χ1v) is 23.2. The van der Waals surface area contributed by atoms with Crippen molar-refractivity contribution in [3.63, 3.8) is 0 Å². The van der Waals surface area contributed by atoms with Crippen LogP contribution < -0.4 is 0 Å². The van der Waals surface area contributed by atoms with Crippen LogP contribution in [0.15, 0.2) is 36.4 Å². The van der Waals surface area contributed by atoms with Crippen LogP contribution in [0.1, 0.15) is 11.1 Å². The first-order valence-electron chi connectivity index (χ1n) is 7.65. The molecule has 0 fully saturated rings. The fourth-order valence-corrected chi connectivity index (χ4v) is 8.97. The van der Waals surface area contributed by atoms with Gasteiger partial charge < -0.3 is 0 Å². The van der Waals surface area contributed by atoms with Gasteiger partial charge in [-0.25, -0.2) is 0 Å². The second kappa shape index (κ2) is 5.88. The number of hydrogen-bond acceptors (Lipinski definition) is 0. The molecular formula is C18H28Ge2. The average molecular weight is 390 g/mol. The zero-order valence-corrected chi connectivity index (χ0v) is 18.1. The summed E-state index contributed by atoms with van der Waals surface area (Å²) in [6.07, 6.45) is 0. The Morgan fingerprint density at radius 1 is 0.650 bits per heavy atom. The normalized spacial score (nSPS) is 12.9. The first kappa shape index (κ1) is 16.2. The van der Waals surface area contributed by atoms with E-state index in [1.165, 1.54) is 15.9 Å². The molecule has 0 saturated heterocycles. The van der Waals surface area contributed by atoms with Crippen LogP contribution in [-0.4, -0.2) is 26.5 Å². The van der Waals surface area contributed by atoms with E-state index in [0.29, 0.717) is 0 Å². The zero-order chi connectivity index (χ0) is 15.0. The summed E-state index contributed by atoms with van der Waals surface area (Å²) in [5.41, 5.74) is 3.22. The third-order valence-corrected chi connectivity index (χ3v) is 9.57. The van der Waals surface area contributed by atoms with Crippen LogP contribution in [0.25, 0.3) is 10.8 Å². The van der Waals surface area contributed by atoms with Gasteiger partial charge in [-0.3, -0.25) is 0 Å². The molecule has 0 nitrogen and oxygen atoms in total. The Balaban J connectivity index is 2.58. The van der Waals surface area contributed by atoms with Gasteiger partial charge in [0.1, 0.15) is 0 Å². The molecule has 2 aromatic rings. The maximum atomic E-state index is 2.52. The van der Waals surface area contributed by atoms with Gasteiger partial charge in [-0.1, -0.05) is 0 Å². The van der Waals surface area contributed by atoms with Gasteiger partial charge in [0.05, 0.1) is 0 Å². The number of fused-ring (bicyclic) bond motifs is 1. The van der Waals surface area contributed by atoms with E-state index >= 15 is 0 Å². The van der Waals surface area contributed by atoms with Gasteiger partial charge in [-0.15, -0.1) is 0 Å². The fraction of sp³-hybridized carbons (Fsp3) is 0.444. The zero-order valence-electron chi connectivity index (χ0n) is 13.9. The molecule has 0 amide bonds. The number of benzene rings is 2. The van der Waals surface area contributed by atoms with Crippen molar-refractivity contribution in [2.75, 3.05) is 0 Å². The van der Waals surface area contributed by atoms with Crippen LogP contribution >= 0.6 is 0 Å². The Kier molecular flexibility index (Phi) is 4.75. The van der Waals surface area contributed by atoms with Crippen molar-refractivity contribution in [2.45, 2.75) is 45.0 Å². The predicted octanol–water partition coefficient (Wildman–Crippen LogP) is 5.68. The maximum absolute atomic E-state index is 2.52. The molecule has 2 rings (SSSR count). The Hall–Kier alpha value is -0.214. The van der Waals surface area contributed by atoms with Crippen molar-refractivity contribution in [3.05, 3.63) is 47.5 Å². The van der Waals surface area contributed by atoms with Crippen molar-refractivity contribution in [2.24, 2.45) is 0 Å². The molecule has 0 N–H and O–H groups in total. The minimum atomic E-state index is -1.58. The fourth-order valence-electron chi connectivity index (χ4n) is 2.94. The molecule has 0 aromatic heterocycles. The van der Waals surface area contributed by atoms with Gasteiger partial charge in [0.25, 0.3) is 0 Å². The van der Waals surface area contributed by atoms with E-state index in [4.69, 9.17) is 0 Å². The van der Waals surface area contributed by atoms with E-state index in [1.54, 1.807) is 16.5 Å². The molecule has 2 heteroatoms. The van der Waals surface area contributed by atoms with Gasteiger partial charge in [0.2, 0.25) is 0 Å². The van der Waals surface area contributed by atoms with Crippen molar-refractivity contribution in [1.29, 1.82) is 0 Å². The van der Waals surface area contributed by atoms with Gasteiger partial charge in [-0.05, 0) is 0 Å². The molecular weight excluding hydrogens is 361 g/mol. The Morgan fingerprint density at radius 3 is 1.40 bits per heavy atom. The van der Waals surface area contributed by atoms with Crippen molar-refractivity contribution < 1.29 is 0 Å². The summed E-state index contributed by atoms with van der Waals surface area (Å²) < 4.78 is 0. The molecule has 0 aliphatic carbocycles. The van der Waals surface area contributed by atoms with Crippen LogP contribution in [0.2, 0.25) is 34.5 Å². The van der Waals surface area contributed by atoms with E-state index < -0.39 is 26.5 Å². The molecule has 0 heterocycles. The van der Waals surface area contributed by atoms with Crippen LogP contribution in [-0.2, 0) is 10.5 Å². The third-order valence-electron chi connectivity index (χ3n) is 3.52. The van der Waals surface area contributed by atoms with Crippen LogP contribution in [0.3, 0.4) is 0 Å². The molecule has 108 valence electrons. The van der Waals surface area contributed by atoms with Gasteiger partial charge in [0.15, 0.2) is 0 Å². The molecule has 0 unspecified atom stereocenters. The summed E-state index contributed by atoms with van der Waals surface area (Å²) in [6.45, 7) is 0. The summed E-state index contributed by atoms with van der Waals surface area (Å²) in [6, 6.07) is 13.8. The minimum absolute atomic E-state index is 1.34. The van der Waals surface area contributed by atoms with E-state index in [2.05, 4.69) is 70.9 Å². The molecule has 20 heavy (non-hydrogen) atoms. The van der Waals surface area contributed by atoms with Crippen LogP contribution in [0, 0.1) is 0 Å². The summed E-state index contributed by atoms with van der Waals surface area (Å²) in [7, 11) is 0. The monoisotopic (exact) mass is 392 g/mol. The second-order valence-electron chi connectivity index (χ2n) is 8.41. The van der Waals surface area contributed by atoms with Gasteiger partial charge in [-0.2, -0.15) is 0 Å². The molecule has 0 spiro atoms. The summed E-state index contributed by atoms with van der Waals surface area (Å²) in [5.74, 6) is 15.1. The van der Waals surface area contributed by atoms with Crippen LogP contribution in [0.4, 0.5) is 0 Å². The molecule has 0 aliphatic heterocycles. The van der Waals surface area contributed by atoms with Gasteiger partial charge in [0, 0.05) is 0 Å². The van der Waals surface area contributed by atoms with E-state index in [1.807, 2.05) is 0 Å². The van der Waals surface area contributed by atoms with Gasteiger partial charge >= 0.3 is 130 Å². The topological polar surface area (TPSA) is 0 Å². The Bertz CT molecular complexity index is 550. The Labute approximate surface area is 129 Å². The average Bonchev–Trinajstić information content (AvgIpc) is 2.25. The van der Waals surface area contributed by atoms with Crippen molar-refractivity contribution in [1.82, 2.24) is 0 Å². The molecule has 0 radical (unpaired) electrons. The molecule has 0 saturated carbocycles. The molecule has 0 aliphatic rings. The van der Waals surface area contributed by atoms with Crippen LogP contribution in [0.5, 0.6) is 0 Å². The number of hydrogen-bond donors (Lipinski definition) is 0. The van der Waals surface area contributed by atoms with Crippen molar-refractivity contribution >= 4 is 37.3 Å².